The average Bonchev–Trinajstić information content (AvgIpc) is 2.46. The van der Waals surface area contributed by atoms with Crippen LogP contribution in [0, 0.1) is 0 Å². The molecule has 1 aromatic carbocycles. The van der Waals surface area contributed by atoms with Crippen LogP contribution in [0.2, 0.25) is 0 Å². The topological polar surface area (TPSA) is 12.0 Å². The number of halogens is 1. The van der Waals surface area contributed by atoms with Crippen LogP contribution in [0.4, 0.5) is 0 Å². The van der Waals surface area contributed by atoms with E-state index < -0.39 is 0 Å². The molecule has 1 aliphatic carbocycles. The predicted molar refractivity (Wildman–Crippen MR) is 86.5 cm³/mol. The molecule has 1 N–H and O–H groups in total. The summed E-state index contributed by atoms with van der Waals surface area (Å²) in [5, 5.41) is 3.72. The lowest BCUT2D eigenvalue weighted by Crippen LogP contribution is -2.34. The monoisotopic (exact) mass is 321 g/mol. The fourth-order valence-corrected chi connectivity index (χ4v) is 2.95. The van der Waals surface area contributed by atoms with Gasteiger partial charge in [0.05, 0.1) is 0 Å². The predicted octanol–water partition coefficient (Wildman–Crippen LogP) is 4.86. The van der Waals surface area contributed by atoms with Crippen molar-refractivity contribution in [1.82, 2.24) is 5.32 Å². The van der Waals surface area contributed by atoms with E-state index in [2.05, 4.69) is 58.5 Å². The quantitative estimate of drug-likeness (QED) is 0.738. The SMILES string of the molecule is CCCNC(Cc1ccc(Br)cc1)C1=CCCCC1. The van der Waals surface area contributed by atoms with Gasteiger partial charge in [-0.15, -0.1) is 0 Å². The van der Waals surface area contributed by atoms with E-state index in [-0.39, 0.29) is 0 Å². The highest BCUT2D eigenvalue weighted by Crippen LogP contribution is 2.23. The maximum absolute atomic E-state index is 3.72. The Bertz CT molecular complexity index is 408. The Morgan fingerprint density at radius 1 is 1.21 bits per heavy atom. The minimum Gasteiger partial charge on any atom is -0.310 e. The summed E-state index contributed by atoms with van der Waals surface area (Å²) in [4.78, 5) is 0. The summed E-state index contributed by atoms with van der Waals surface area (Å²) in [5.41, 5.74) is 3.05. The van der Waals surface area contributed by atoms with Gasteiger partial charge in [0, 0.05) is 10.5 Å². The van der Waals surface area contributed by atoms with Gasteiger partial charge in [0.25, 0.3) is 0 Å². The number of rotatable bonds is 6. The lowest BCUT2D eigenvalue weighted by molar-refractivity contribution is 0.526. The Kier molecular flexibility index (Phi) is 6.12. The highest BCUT2D eigenvalue weighted by Gasteiger charge is 2.16. The van der Waals surface area contributed by atoms with E-state index in [0.29, 0.717) is 6.04 Å². The molecule has 0 bridgehead atoms. The van der Waals surface area contributed by atoms with Gasteiger partial charge < -0.3 is 5.32 Å². The second kappa shape index (κ2) is 7.86. The van der Waals surface area contributed by atoms with Crippen molar-refractivity contribution in [3.05, 3.63) is 46.0 Å². The lowest BCUT2D eigenvalue weighted by Gasteiger charge is -2.24. The van der Waals surface area contributed by atoms with Crippen molar-refractivity contribution < 1.29 is 0 Å². The molecule has 19 heavy (non-hydrogen) atoms. The zero-order valence-corrected chi connectivity index (χ0v) is 13.4. The molecule has 0 aromatic heterocycles. The molecular formula is C17H24BrN. The smallest absolute Gasteiger partial charge is 0.0320 e. The van der Waals surface area contributed by atoms with Gasteiger partial charge in [0.1, 0.15) is 0 Å². The van der Waals surface area contributed by atoms with Crippen molar-refractivity contribution in [2.24, 2.45) is 0 Å². The van der Waals surface area contributed by atoms with E-state index in [4.69, 9.17) is 0 Å². The molecule has 1 nitrogen and oxygen atoms in total. The van der Waals surface area contributed by atoms with Gasteiger partial charge in [0.2, 0.25) is 0 Å². The van der Waals surface area contributed by atoms with Crippen molar-refractivity contribution >= 4 is 15.9 Å². The number of nitrogens with one attached hydrogen (secondary N) is 1. The first-order valence-electron chi connectivity index (χ1n) is 7.46. The van der Waals surface area contributed by atoms with Crippen molar-refractivity contribution in [1.29, 1.82) is 0 Å². The van der Waals surface area contributed by atoms with E-state index in [0.717, 1.165) is 17.4 Å². The van der Waals surface area contributed by atoms with Crippen LogP contribution in [0.1, 0.15) is 44.6 Å². The fourth-order valence-electron chi connectivity index (χ4n) is 2.69. The van der Waals surface area contributed by atoms with Gasteiger partial charge >= 0.3 is 0 Å². The third-order valence-electron chi connectivity index (χ3n) is 3.77. The first-order chi connectivity index (χ1) is 9.29. The second-order valence-corrected chi connectivity index (χ2v) is 6.28. The molecule has 1 unspecified atom stereocenters. The standard InChI is InChI=1S/C17H24BrN/c1-2-12-19-17(15-6-4-3-5-7-15)13-14-8-10-16(18)11-9-14/h6,8-11,17,19H,2-5,7,12-13H2,1H3. The maximum Gasteiger partial charge on any atom is 0.0320 e. The molecule has 0 saturated heterocycles. The number of allylic oxidation sites excluding steroid dienone is 1. The van der Waals surface area contributed by atoms with Gasteiger partial charge in [-0.1, -0.05) is 46.6 Å². The highest BCUT2D eigenvalue weighted by atomic mass is 79.9. The number of hydrogen-bond acceptors (Lipinski definition) is 1. The minimum atomic E-state index is 0.529. The molecule has 0 aliphatic heterocycles. The summed E-state index contributed by atoms with van der Waals surface area (Å²) in [6, 6.07) is 9.27. The molecule has 104 valence electrons. The second-order valence-electron chi connectivity index (χ2n) is 5.36. The molecule has 0 heterocycles. The van der Waals surface area contributed by atoms with Crippen LogP contribution >= 0.6 is 15.9 Å². The third-order valence-corrected chi connectivity index (χ3v) is 4.30. The molecule has 1 aromatic rings. The van der Waals surface area contributed by atoms with Gasteiger partial charge in [-0.25, -0.2) is 0 Å². The summed E-state index contributed by atoms with van der Waals surface area (Å²) < 4.78 is 1.16. The first kappa shape index (κ1) is 14.8. The van der Waals surface area contributed by atoms with Gasteiger partial charge in [0.15, 0.2) is 0 Å². The van der Waals surface area contributed by atoms with Gasteiger partial charge in [-0.2, -0.15) is 0 Å². The summed E-state index contributed by atoms with van der Waals surface area (Å²) >= 11 is 3.50. The van der Waals surface area contributed by atoms with Crippen molar-refractivity contribution in [2.45, 2.75) is 51.5 Å². The van der Waals surface area contributed by atoms with Gasteiger partial charge in [-0.05, 0) is 62.8 Å². The van der Waals surface area contributed by atoms with Crippen LogP contribution in [0.15, 0.2) is 40.4 Å². The Labute approximate surface area is 125 Å². The highest BCUT2D eigenvalue weighted by molar-refractivity contribution is 9.10. The average molecular weight is 322 g/mol. The Morgan fingerprint density at radius 3 is 2.63 bits per heavy atom. The minimum absolute atomic E-state index is 0.529. The molecule has 0 spiro atoms. The van der Waals surface area contributed by atoms with E-state index in [9.17, 15) is 0 Å². The van der Waals surface area contributed by atoms with Crippen LogP contribution in [-0.2, 0) is 6.42 Å². The molecule has 0 fully saturated rings. The zero-order valence-electron chi connectivity index (χ0n) is 11.8. The van der Waals surface area contributed by atoms with Crippen LogP contribution in [-0.4, -0.2) is 12.6 Å². The van der Waals surface area contributed by atoms with Crippen LogP contribution < -0.4 is 5.32 Å². The van der Waals surface area contributed by atoms with Gasteiger partial charge in [-0.3, -0.25) is 0 Å². The summed E-state index contributed by atoms with van der Waals surface area (Å²) in [5.74, 6) is 0. The molecule has 1 aliphatic rings. The molecule has 2 heteroatoms. The van der Waals surface area contributed by atoms with E-state index in [1.165, 1.54) is 37.7 Å². The first-order valence-corrected chi connectivity index (χ1v) is 8.25. The van der Waals surface area contributed by atoms with Crippen molar-refractivity contribution in [3.8, 4) is 0 Å². The summed E-state index contributed by atoms with van der Waals surface area (Å²) in [6.07, 6.45) is 10.0. The molecule has 2 rings (SSSR count). The fraction of sp³-hybridized carbons (Fsp3) is 0.529. The Balaban J connectivity index is 2.04. The Hall–Kier alpha value is -0.600. The maximum atomic E-state index is 3.72. The Morgan fingerprint density at radius 2 is 2.00 bits per heavy atom. The van der Waals surface area contributed by atoms with E-state index in [1.807, 2.05) is 0 Å². The van der Waals surface area contributed by atoms with E-state index in [1.54, 1.807) is 5.57 Å². The largest absolute Gasteiger partial charge is 0.310 e. The normalized spacial score (nSPS) is 17.1. The number of benzene rings is 1. The molecular weight excluding hydrogens is 298 g/mol. The van der Waals surface area contributed by atoms with Crippen LogP contribution in [0.3, 0.4) is 0 Å². The van der Waals surface area contributed by atoms with Crippen LogP contribution in [0.5, 0.6) is 0 Å². The van der Waals surface area contributed by atoms with E-state index >= 15 is 0 Å². The van der Waals surface area contributed by atoms with Crippen molar-refractivity contribution in [2.75, 3.05) is 6.54 Å². The summed E-state index contributed by atoms with van der Waals surface area (Å²) in [7, 11) is 0. The molecule has 0 radical (unpaired) electrons. The summed E-state index contributed by atoms with van der Waals surface area (Å²) in [6.45, 7) is 3.34. The molecule has 1 atom stereocenters. The van der Waals surface area contributed by atoms with Crippen LogP contribution in [0.25, 0.3) is 0 Å². The number of hydrogen-bond donors (Lipinski definition) is 1. The third kappa shape index (κ3) is 4.77. The zero-order chi connectivity index (χ0) is 13.5. The van der Waals surface area contributed by atoms with Crippen molar-refractivity contribution in [3.63, 3.8) is 0 Å². The molecule has 0 saturated carbocycles. The lowest BCUT2D eigenvalue weighted by atomic mass is 9.90. The molecule has 0 amide bonds.